The van der Waals surface area contributed by atoms with Gasteiger partial charge in [-0.2, -0.15) is 0 Å². The minimum Gasteiger partial charge on any atom is -0.361 e. The number of rotatable bonds is 4. The van der Waals surface area contributed by atoms with Gasteiger partial charge in [0, 0.05) is 25.2 Å². The third-order valence-electron chi connectivity index (χ3n) is 5.48. The van der Waals surface area contributed by atoms with E-state index in [4.69, 9.17) is 16.1 Å². The largest absolute Gasteiger partial charge is 0.361 e. The van der Waals surface area contributed by atoms with Gasteiger partial charge in [0.25, 0.3) is 0 Å². The van der Waals surface area contributed by atoms with Crippen molar-refractivity contribution in [2.45, 2.75) is 39.8 Å². The third-order valence-corrected chi connectivity index (χ3v) is 5.68. The van der Waals surface area contributed by atoms with Gasteiger partial charge in [-0.1, -0.05) is 16.8 Å². The Balaban J connectivity index is 1.40. The van der Waals surface area contributed by atoms with Crippen molar-refractivity contribution in [3.8, 4) is 0 Å². The molecule has 2 saturated heterocycles. The number of carbonyl (C=O) groups excluding carboxylic acids is 1. The standard InChI is InChI=1S/C18H22ClN5O2/c1-12-15(13(2)26-22-12)9-24-11-18(17(24)25)4-3-5-23(10-18)8-14-6-21-16(19)7-20-14/h6-7H,3-5,8-11H2,1-2H3/t18-/m0/s1. The van der Waals surface area contributed by atoms with Crippen LogP contribution >= 0.6 is 11.6 Å². The first kappa shape index (κ1) is 17.4. The minimum absolute atomic E-state index is 0.240. The van der Waals surface area contributed by atoms with E-state index in [1.165, 1.54) is 0 Å². The Labute approximate surface area is 157 Å². The van der Waals surface area contributed by atoms with Gasteiger partial charge in [-0.15, -0.1) is 0 Å². The van der Waals surface area contributed by atoms with Crippen molar-refractivity contribution in [2.24, 2.45) is 5.41 Å². The molecule has 0 N–H and O–H groups in total. The number of amides is 1. The highest BCUT2D eigenvalue weighted by molar-refractivity contribution is 6.29. The number of hydrogen-bond donors (Lipinski definition) is 0. The molecule has 0 saturated carbocycles. The summed E-state index contributed by atoms with van der Waals surface area (Å²) >= 11 is 5.80. The molecule has 2 aromatic heterocycles. The molecule has 4 heterocycles. The molecule has 4 rings (SSSR count). The fourth-order valence-electron chi connectivity index (χ4n) is 4.11. The molecule has 7 nitrogen and oxygen atoms in total. The number of β-lactam (4-membered cyclic amide) rings is 1. The summed E-state index contributed by atoms with van der Waals surface area (Å²) in [7, 11) is 0. The number of piperidine rings is 1. The second kappa shape index (κ2) is 6.63. The van der Waals surface area contributed by atoms with Gasteiger partial charge >= 0.3 is 0 Å². The summed E-state index contributed by atoms with van der Waals surface area (Å²) in [4.78, 5) is 25.6. The van der Waals surface area contributed by atoms with Gasteiger partial charge in [-0.25, -0.2) is 4.98 Å². The Kier molecular flexibility index (Phi) is 4.44. The Hall–Kier alpha value is -1.99. The molecule has 0 bridgehead atoms. The molecule has 0 aliphatic carbocycles. The second-order valence-corrected chi connectivity index (χ2v) is 7.78. The normalized spacial score (nSPS) is 23.5. The van der Waals surface area contributed by atoms with Crippen LogP contribution in [0.5, 0.6) is 0 Å². The molecule has 1 spiro atoms. The van der Waals surface area contributed by atoms with Crippen LogP contribution in [0.25, 0.3) is 0 Å². The highest BCUT2D eigenvalue weighted by atomic mass is 35.5. The zero-order valence-electron chi connectivity index (χ0n) is 15.0. The maximum Gasteiger partial charge on any atom is 0.232 e. The fraction of sp³-hybridized carbons (Fsp3) is 0.556. The van der Waals surface area contributed by atoms with Gasteiger partial charge in [-0.3, -0.25) is 14.7 Å². The van der Waals surface area contributed by atoms with E-state index in [0.717, 1.165) is 55.2 Å². The van der Waals surface area contributed by atoms with Crippen molar-refractivity contribution in [2.75, 3.05) is 19.6 Å². The molecule has 1 amide bonds. The monoisotopic (exact) mass is 375 g/mol. The molecule has 2 fully saturated rings. The Morgan fingerprint density at radius 1 is 1.23 bits per heavy atom. The van der Waals surface area contributed by atoms with Crippen LogP contribution in [0.3, 0.4) is 0 Å². The summed E-state index contributed by atoms with van der Waals surface area (Å²) < 4.78 is 5.21. The van der Waals surface area contributed by atoms with Crippen molar-refractivity contribution < 1.29 is 9.32 Å². The zero-order chi connectivity index (χ0) is 18.3. The van der Waals surface area contributed by atoms with Crippen LogP contribution in [-0.4, -0.2) is 50.5 Å². The fourth-order valence-corrected chi connectivity index (χ4v) is 4.21. The number of likely N-dealkylation sites (tertiary alicyclic amines) is 2. The summed E-state index contributed by atoms with van der Waals surface area (Å²) in [5.74, 6) is 1.03. The zero-order valence-corrected chi connectivity index (χ0v) is 15.8. The molecular formula is C18H22ClN5O2. The van der Waals surface area contributed by atoms with Crippen LogP contribution in [0.1, 0.15) is 35.6 Å². The quantitative estimate of drug-likeness (QED) is 0.763. The van der Waals surface area contributed by atoms with E-state index in [2.05, 4.69) is 20.0 Å². The van der Waals surface area contributed by atoms with Crippen molar-refractivity contribution in [1.29, 1.82) is 0 Å². The third kappa shape index (κ3) is 3.10. The Morgan fingerprint density at radius 3 is 2.73 bits per heavy atom. The van der Waals surface area contributed by atoms with Crippen molar-refractivity contribution >= 4 is 17.5 Å². The first-order valence-corrected chi connectivity index (χ1v) is 9.24. The minimum atomic E-state index is -0.253. The lowest BCUT2D eigenvalue weighted by Crippen LogP contribution is -2.66. The number of carbonyl (C=O) groups is 1. The first-order chi connectivity index (χ1) is 12.5. The number of nitrogens with zero attached hydrogens (tertiary/aromatic N) is 5. The van der Waals surface area contributed by atoms with Crippen LogP contribution in [-0.2, 0) is 17.9 Å². The molecule has 2 aliphatic heterocycles. The number of aromatic nitrogens is 3. The van der Waals surface area contributed by atoms with E-state index in [1.807, 2.05) is 18.7 Å². The van der Waals surface area contributed by atoms with Crippen molar-refractivity contribution in [1.82, 2.24) is 24.9 Å². The van der Waals surface area contributed by atoms with Crippen LogP contribution < -0.4 is 0 Å². The van der Waals surface area contributed by atoms with Gasteiger partial charge < -0.3 is 9.42 Å². The van der Waals surface area contributed by atoms with E-state index in [1.54, 1.807) is 12.4 Å². The average Bonchev–Trinajstić information content (AvgIpc) is 2.95. The topological polar surface area (TPSA) is 75.4 Å². The van der Waals surface area contributed by atoms with Gasteiger partial charge in [-0.05, 0) is 33.2 Å². The molecule has 26 heavy (non-hydrogen) atoms. The number of hydrogen-bond acceptors (Lipinski definition) is 6. The highest BCUT2D eigenvalue weighted by Gasteiger charge is 2.53. The van der Waals surface area contributed by atoms with E-state index in [-0.39, 0.29) is 11.3 Å². The highest BCUT2D eigenvalue weighted by Crippen LogP contribution is 2.41. The molecule has 0 unspecified atom stereocenters. The van der Waals surface area contributed by atoms with Crippen molar-refractivity contribution in [3.63, 3.8) is 0 Å². The van der Waals surface area contributed by atoms with Gasteiger partial charge in [0.1, 0.15) is 10.9 Å². The molecule has 0 radical (unpaired) electrons. The van der Waals surface area contributed by atoms with Gasteiger partial charge in [0.05, 0.1) is 35.7 Å². The summed E-state index contributed by atoms with van der Waals surface area (Å²) in [6, 6.07) is 0. The smallest absolute Gasteiger partial charge is 0.232 e. The molecular weight excluding hydrogens is 354 g/mol. The Bertz CT molecular complexity index is 802. The molecule has 8 heteroatoms. The summed E-state index contributed by atoms with van der Waals surface area (Å²) in [6.07, 6.45) is 5.24. The maximum absolute atomic E-state index is 12.9. The van der Waals surface area contributed by atoms with Gasteiger partial charge in [0.2, 0.25) is 5.91 Å². The Morgan fingerprint density at radius 2 is 2.08 bits per heavy atom. The van der Waals surface area contributed by atoms with Crippen LogP contribution in [0.15, 0.2) is 16.9 Å². The number of halogens is 1. The lowest BCUT2D eigenvalue weighted by atomic mass is 9.72. The van der Waals surface area contributed by atoms with Gasteiger partial charge in [0.15, 0.2) is 0 Å². The molecule has 138 valence electrons. The SMILES string of the molecule is Cc1noc(C)c1CN1C[C@@]2(CCCN(Cc3cnc(Cl)cn3)C2)C1=O. The van der Waals surface area contributed by atoms with E-state index in [9.17, 15) is 4.79 Å². The van der Waals surface area contributed by atoms with Crippen LogP contribution in [0.2, 0.25) is 5.15 Å². The van der Waals surface area contributed by atoms with E-state index >= 15 is 0 Å². The molecule has 2 aromatic rings. The molecule has 1 atom stereocenters. The predicted octanol–water partition coefficient (Wildman–Crippen LogP) is 2.36. The average molecular weight is 376 g/mol. The summed E-state index contributed by atoms with van der Waals surface area (Å²) in [6.45, 7) is 7.63. The predicted molar refractivity (Wildman–Crippen MR) is 95.4 cm³/mol. The number of aryl methyl sites for hydroxylation is 2. The summed E-state index contributed by atoms with van der Waals surface area (Å²) in [5, 5.41) is 4.37. The first-order valence-electron chi connectivity index (χ1n) is 8.87. The maximum atomic E-state index is 12.9. The van der Waals surface area contributed by atoms with Crippen LogP contribution in [0, 0.1) is 19.3 Å². The lowest BCUT2D eigenvalue weighted by molar-refractivity contribution is -0.167. The van der Waals surface area contributed by atoms with Crippen molar-refractivity contribution in [3.05, 3.63) is 40.3 Å². The molecule has 0 aromatic carbocycles. The van der Waals surface area contributed by atoms with E-state index in [0.29, 0.717) is 18.2 Å². The summed E-state index contributed by atoms with van der Waals surface area (Å²) in [5.41, 5.74) is 2.52. The van der Waals surface area contributed by atoms with Crippen LogP contribution in [0.4, 0.5) is 0 Å². The van der Waals surface area contributed by atoms with E-state index < -0.39 is 0 Å². The lowest BCUT2D eigenvalue weighted by Gasteiger charge is -2.53. The molecule has 2 aliphatic rings. The second-order valence-electron chi connectivity index (χ2n) is 7.39.